The predicted octanol–water partition coefficient (Wildman–Crippen LogP) is 3.63. The van der Waals surface area contributed by atoms with E-state index in [0.29, 0.717) is 23.7 Å². The molecule has 7 nitrogen and oxygen atoms in total. The van der Waals surface area contributed by atoms with E-state index in [0.717, 1.165) is 11.1 Å². The van der Waals surface area contributed by atoms with E-state index in [1.165, 1.54) is 21.3 Å². The third kappa shape index (κ3) is 4.17. The Hall–Kier alpha value is -3.22. The van der Waals surface area contributed by atoms with Gasteiger partial charge in [-0.3, -0.25) is 9.59 Å². The van der Waals surface area contributed by atoms with E-state index in [2.05, 4.69) is 5.32 Å². The first-order chi connectivity index (χ1) is 14.9. The fourth-order valence-electron chi connectivity index (χ4n) is 3.95. The lowest BCUT2D eigenvalue weighted by atomic mass is 9.96. The number of hydrogen-bond donors (Lipinski definition) is 1. The van der Waals surface area contributed by atoms with Crippen LogP contribution in [0.1, 0.15) is 43.4 Å². The third-order valence-corrected chi connectivity index (χ3v) is 5.74. The van der Waals surface area contributed by atoms with E-state index in [4.69, 9.17) is 18.9 Å². The van der Waals surface area contributed by atoms with Gasteiger partial charge in [-0.1, -0.05) is 30.3 Å². The highest BCUT2D eigenvalue weighted by atomic mass is 16.5. The van der Waals surface area contributed by atoms with E-state index < -0.39 is 11.4 Å². The van der Waals surface area contributed by atoms with Crippen molar-refractivity contribution in [1.29, 1.82) is 0 Å². The maximum atomic E-state index is 13.3. The van der Waals surface area contributed by atoms with Gasteiger partial charge in [0.1, 0.15) is 0 Å². The minimum Gasteiger partial charge on any atom is -0.493 e. The molecule has 0 heterocycles. The van der Waals surface area contributed by atoms with Gasteiger partial charge in [0.15, 0.2) is 16.9 Å². The summed E-state index contributed by atoms with van der Waals surface area (Å²) in [5.41, 5.74) is 0.425. The molecule has 1 saturated carbocycles. The molecule has 31 heavy (non-hydrogen) atoms. The summed E-state index contributed by atoms with van der Waals surface area (Å²) in [4.78, 5) is 26.3. The molecule has 7 heteroatoms. The second kappa shape index (κ2) is 9.29. The highest BCUT2D eigenvalue weighted by molar-refractivity contribution is 6.07. The molecule has 3 rings (SSSR count). The van der Waals surface area contributed by atoms with Crippen LogP contribution in [0.15, 0.2) is 42.5 Å². The molecule has 0 aliphatic heterocycles. The zero-order valence-corrected chi connectivity index (χ0v) is 18.6. The molecule has 166 valence electrons. The van der Waals surface area contributed by atoms with Crippen LogP contribution in [0.3, 0.4) is 0 Å². The lowest BCUT2D eigenvalue weighted by Crippen LogP contribution is -2.40. The number of nitrogens with one attached hydrogen (secondary N) is 1. The Morgan fingerprint density at radius 1 is 1.06 bits per heavy atom. The van der Waals surface area contributed by atoms with Gasteiger partial charge in [-0.05, 0) is 43.5 Å². The number of carbonyl (C=O) groups excluding carboxylic acids is 2. The van der Waals surface area contributed by atoms with Gasteiger partial charge in [0, 0.05) is 5.92 Å². The Labute approximate surface area is 182 Å². The summed E-state index contributed by atoms with van der Waals surface area (Å²) in [5, 5.41) is 2.99. The Bertz CT molecular complexity index is 919. The van der Waals surface area contributed by atoms with Crippen LogP contribution < -0.4 is 19.5 Å². The number of amides is 1. The summed E-state index contributed by atoms with van der Waals surface area (Å²) in [6, 6.07) is 12.9. The van der Waals surface area contributed by atoms with E-state index in [1.54, 1.807) is 19.1 Å². The first kappa shape index (κ1) is 22.5. The van der Waals surface area contributed by atoms with E-state index in [9.17, 15) is 9.59 Å². The first-order valence-electron chi connectivity index (χ1n) is 10.3. The minimum absolute atomic E-state index is 0.198. The molecule has 0 radical (unpaired) electrons. The first-order valence-corrected chi connectivity index (χ1v) is 10.3. The molecule has 1 amide bonds. The van der Waals surface area contributed by atoms with Gasteiger partial charge in [-0.25, -0.2) is 0 Å². The number of rotatable bonds is 9. The van der Waals surface area contributed by atoms with Crippen LogP contribution in [0.2, 0.25) is 0 Å². The zero-order chi connectivity index (χ0) is 22.6. The van der Waals surface area contributed by atoms with Crippen molar-refractivity contribution in [3.8, 4) is 17.2 Å². The van der Waals surface area contributed by atoms with E-state index >= 15 is 0 Å². The highest BCUT2D eigenvalue weighted by Crippen LogP contribution is 2.62. The predicted molar refractivity (Wildman–Crippen MR) is 116 cm³/mol. The summed E-state index contributed by atoms with van der Waals surface area (Å²) >= 11 is 0. The Morgan fingerprint density at radius 2 is 1.68 bits per heavy atom. The molecule has 2 aromatic carbocycles. The molecule has 3 atom stereocenters. The second-order valence-electron chi connectivity index (χ2n) is 7.51. The van der Waals surface area contributed by atoms with Crippen molar-refractivity contribution in [3.63, 3.8) is 0 Å². The highest BCUT2D eigenvalue weighted by Gasteiger charge is 2.67. The summed E-state index contributed by atoms with van der Waals surface area (Å²) in [6.07, 6.45) is 0.345. The van der Waals surface area contributed by atoms with Crippen LogP contribution in [-0.2, 0) is 14.3 Å². The van der Waals surface area contributed by atoms with Crippen LogP contribution in [0.4, 0.5) is 0 Å². The van der Waals surface area contributed by atoms with Crippen molar-refractivity contribution in [2.45, 2.75) is 32.2 Å². The van der Waals surface area contributed by atoms with Crippen molar-refractivity contribution in [3.05, 3.63) is 53.6 Å². The number of hydrogen-bond acceptors (Lipinski definition) is 6. The number of benzene rings is 2. The van der Waals surface area contributed by atoms with E-state index in [1.807, 2.05) is 37.3 Å². The Morgan fingerprint density at radius 3 is 2.19 bits per heavy atom. The van der Waals surface area contributed by atoms with Crippen molar-refractivity contribution in [2.75, 3.05) is 27.9 Å². The summed E-state index contributed by atoms with van der Waals surface area (Å²) in [5.74, 6) is 0.174. The molecule has 1 aliphatic rings. The van der Waals surface area contributed by atoms with Gasteiger partial charge in [0.05, 0.1) is 34.0 Å². The molecule has 0 spiro atoms. The smallest absolute Gasteiger partial charge is 0.322 e. The van der Waals surface area contributed by atoms with Gasteiger partial charge < -0.3 is 24.3 Å². The quantitative estimate of drug-likeness (QED) is 0.486. The summed E-state index contributed by atoms with van der Waals surface area (Å²) < 4.78 is 21.5. The number of esters is 1. The zero-order valence-electron chi connectivity index (χ0n) is 18.6. The number of ether oxygens (including phenoxy) is 4. The molecule has 2 aromatic rings. The normalized spacial score (nSPS) is 20.4. The molecule has 1 fully saturated rings. The monoisotopic (exact) mass is 427 g/mol. The van der Waals surface area contributed by atoms with E-state index in [-0.39, 0.29) is 24.5 Å². The molecule has 0 unspecified atom stereocenters. The van der Waals surface area contributed by atoms with Gasteiger partial charge in [0.2, 0.25) is 11.7 Å². The van der Waals surface area contributed by atoms with Crippen molar-refractivity contribution >= 4 is 11.9 Å². The van der Waals surface area contributed by atoms with Gasteiger partial charge >= 0.3 is 5.97 Å². The average Bonchev–Trinajstić information content (AvgIpc) is 3.56. The Kier molecular flexibility index (Phi) is 6.73. The van der Waals surface area contributed by atoms with Crippen molar-refractivity contribution < 1.29 is 28.5 Å². The molecule has 0 aromatic heterocycles. The molecule has 0 saturated heterocycles. The third-order valence-electron chi connectivity index (χ3n) is 5.74. The van der Waals surface area contributed by atoms with Gasteiger partial charge in [-0.2, -0.15) is 0 Å². The SMILES string of the molecule is CCOC(=O)[C@@]1(C(=O)N[C@@H](C)c2ccccc2)C[C@H]1c1cc(OC)c(OC)c(OC)c1. The molecule has 0 bridgehead atoms. The second-order valence-corrected chi connectivity index (χ2v) is 7.51. The van der Waals surface area contributed by atoms with Crippen LogP contribution in [-0.4, -0.2) is 39.8 Å². The molecule has 1 N–H and O–H groups in total. The van der Waals surface area contributed by atoms with Crippen molar-refractivity contribution in [2.24, 2.45) is 5.41 Å². The maximum absolute atomic E-state index is 13.3. The number of carbonyl (C=O) groups is 2. The minimum atomic E-state index is -1.29. The lowest BCUT2D eigenvalue weighted by Gasteiger charge is -2.21. The Balaban J connectivity index is 1.93. The average molecular weight is 427 g/mol. The van der Waals surface area contributed by atoms with Crippen LogP contribution in [0.5, 0.6) is 17.2 Å². The molecular formula is C24H29NO6. The van der Waals surface area contributed by atoms with Gasteiger partial charge in [0.25, 0.3) is 0 Å². The van der Waals surface area contributed by atoms with Crippen LogP contribution in [0, 0.1) is 5.41 Å². The van der Waals surface area contributed by atoms with Crippen LogP contribution in [0.25, 0.3) is 0 Å². The topological polar surface area (TPSA) is 83.1 Å². The van der Waals surface area contributed by atoms with Gasteiger partial charge in [-0.15, -0.1) is 0 Å². The summed E-state index contributed by atoms with van der Waals surface area (Å²) in [7, 11) is 4.58. The largest absolute Gasteiger partial charge is 0.493 e. The standard InChI is InChI=1S/C24H29NO6/c1-6-31-23(27)24(22(26)25-15(2)16-10-8-7-9-11-16)14-18(24)17-12-19(28-3)21(30-5)20(13-17)29-4/h7-13,15,18H,6,14H2,1-5H3,(H,25,26)/t15-,18-,24-/m0/s1. The molecule has 1 aliphatic carbocycles. The fraction of sp³-hybridized carbons (Fsp3) is 0.417. The van der Waals surface area contributed by atoms with Crippen LogP contribution >= 0.6 is 0 Å². The van der Waals surface area contributed by atoms with Crippen molar-refractivity contribution in [1.82, 2.24) is 5.32 Å². The lowest BCUT2D eigenvalue weighted by molar-refractivity contribution is -0.154. The number of methoxy groups -OCH3 is 3. The summed E-state index contributed by atoms with van der Waals surface area (Å²) in [6.45, 7) is 3.82. The molecular weight excluding hydrogens is 398 g/mol. The fourth-order valence-corrected chi connectivity index (χ4v) is 3.95. The maximum Gasteiger partial charge on any atom is 0.322 e.